The second kappa shape index (κ2) is 9.02. The van der Waals surface area contributed by atoms with Crippen molar-refractivity contribution in [1.82, 2.24) is 0 Å². The van der Waals surface area contributed by atoms with Gasteiger partial charge in [0.15, 0.2) is 13.6 Å². The van der Waals surface area contributed by atoms with Crippen LogP contribution in [0.1, 0.15) is 37.4 Å². The molecule has 0 aliphatic rings. The van der Waals surface area contributed by atoms with Crippen LogP contribution in [0.2, 0.25) is 0 Å². The molecule has 0 aliphatic heterocycles. The molecule has 0 N–H and O–H groups in total. The van der Waals surface area contributed by atoms with E-state index in [0.29, 0.717) is 22.6 Å². The van der Waals surface area contributed by atoms with Crippen molar-refractivity contribution in [3.05, 3.63) is 88.5 Å². The lowest BCUT2D eigenvalue weighted by molar-refractivity contribution is 0.103. The molecule has 0 spiro atoms. The van der Waals surface area contributed by atoms with E-state index in [2.05, 4.69) is 0 Å². The highest BCUT2D eigenvalue weighted by atomic mass is 31.1. The van der Waals surface area contributed by atoms with E-state index >= 15 is 0 Å². The van der Waals surface area contributed by atoms with E-state index < -0.39 is 13.3 Å². The minimum Gasteiger partial charge on any atom is -0.497 e. The van der Waals surface area contributed by atoms with Crippen molar-refractivity contribution in [2.24, 2.45) is 0 Å². The Morgan fingerprint density at radius 3 is 2.10 bits per heavy atom. The summed E-state index contributed by atoms with van der Waals surface area (Å²) < 4.78 is 23.8. The van der Waals surface area contributed by atoms with Crippen molar-refractivity contribution in [3.63, 3.8) is 0 Å². The number of hydrogen-bond acceptors (Lipinski definition) is 5. The number of methoxy groups -OCH3 is 2. The van der Waals surface area contributed by atoms with Crippen molar-refractivity contribution >= 4 is 24.4 Å². The standard InChI is InChI=1S/C24H22O5P/c1-15-8-7-9-16(2)22(15)24(26)30(27)21-11-6-5-10-19(21)23(25)18-13-12-17(28-3)14-20(18)29-4/h5-14H,1-4H3. The van der Waals surface area contributed by atoms with E-state index in [4.69, 9.17) is 9.47 Å². The first-order valence-electron chi connectivity index (χ1n) is 9.32. The van der Waals surface area contributed by atoms with Crippen molar-refractivity contribution in [2.75, 3.05) is 14.2 Å². The van der Waals surface area contributed by atoms with Crippen LogP contribution in [0.4, 0.5) is 0 Å². The predicted molar refractivity (Wildman–Crippen MR) is 117 cm³/mol. The Morgan fingerprint density at radius 2 is 1.47 bits per heavy atom. The molecule has 3 aromatic carbocycles. The van der Waals surface area contributed by atoms with Crippen LogP contribution in [0.15, 0.2) is 60.7 Å². The van der Waals surface area contributed by atoms with Gasteiger partial charge in [0.1, 0.15) is 11.5 Å². The van der Waals surface area contributed by atoms with Crippen molar-refractivity contribution in [2.45, 2.75) is 13.8 Å². The van der Waals surface area contributed by atoms with Crippen LogP contribution in [0.5, 0.6) is 11.5 Å². The Hall–Kier alpha value is -3.30. The summed E-state index contributed by atoms with van der Waals surface area (Å²) in [6.45, 7) is 3.62. The van der Waals surface area contributed by atoms with E-state index in [1.54, 1.807) is 42.5 Å². The maximum atomic E-state index is 13.3. The number of benzene rings is 3. The van der Waals surface area contributed by atoms with E-state index in [1.165, 1.54) is 14.2 Å². The highest BCUT2D eigenvalue weighted by molar-refractivity contribution is 7.71. The molecule has 3 rings (SSSR count). The number of ketones is 1. The number of aryl methyl sites for hydroxylation is 2. The van der Waals surface area contributed by atoms with Crippen LogP contribution in [0.25, 0.3) is 0 Å². The monoisotopic (exact) mass is 421 g/mol. The molecule has 0 aliphatic carbocycles. The Balaban J connectivity index is 2.06. The summed E-state index contributed by atoms with van der Waals surface area (Å²) in [5, 5.41) is 0.211. The molecule has 0 saturated carbocycles. The summed E-state index contributed by atoms with van der Waals surface area (Å²) >= 11 is 0. The third-order valence-corrected chi connectivity index (χ3v) is 6.32. The van der Waals surface area contributed by atoms with Gasteiger partial charge in [-0.15, -0.1) is 0 Å². The second-order valence-corrected chi connectivity index (χ2v) is 8.26. The SMILES string of the molecule is COc1ccc(C(=O)c2ccccc2[P](=O)C(=O)c2c(C)cccc2C)c(OC)c1. The number of ether oxygens (including phenoxy) is 2. The minimum atomic E-state index is -2.49. The third-order valence-electron chi connectivity index (χ3n) is 4.90. The summed E-state index contributed by atoms with van der Waals surface area (Å²) in [6, 6.07) is 16.8. The van der Waals surface area contributed by atoms with Gasteiger partial charge in [0.2, 0.25) is 5.52 Å². The van der Waals surface area contributed by atoms with Crippen LogP contribution < -0.4 is 14.8 Å². The van der Waals surface area contributed by atoms with E-state index in [9.17, 15) is 14.2 Å². The van der Waals surface area contributed by atoms with E-state index in [0.717, 1.165) is 11.1 Å². The van der Waals surface area contributed by atoms with Gasteiger partial charge in [-0.05, 0) is 49.2 Å². The molecule has 0 amide bonds. The molecular formula is C24H22O5P. The van der Waals surface area contributed by atoms with Crippen LogP contribution in [-0.2, 0) is 4.57 Å². The molecular weight excluding hydrogens is 399 g/mol. The molecule has 30 heavy (non-hydrogen) atoms. The fourth-order valence-corrected chi connectivity index (χ4v) is 4.73. The zero-order valence-corrected chi connectivity index (χ0v) is 18.2. The van der Waals surface area contributed by atoms with Gasteiger partial charge in [0.05, 0.1) is 25.1 Å². The fourth-order valence-electron chi connectivity index (χ4n) is 3.34. The van der Waals surface area contributed by atoms with Crippen molar-refractivity contribution < 1.29 is 23.6 Å². The Bertz CT molecular complexity index is 1130. The molecule has 5 nitrogen and oxygen atoms in total. The first kappa shape index (κ1) is 21.4. The lowest BCUT2D eigenvalue weighted by Crippen LogP contribution is -2.17. The van der Waals surface area contributed by atoms with Crippen LogP contribution in [0, 0.1) is 13.8 Å². The van der Waals surface area contributed by atoms with Crippen LogP contribution in [-0.4, -0.2) is 25.5 Å². The van der Waals surface area contributed by atoms with Crippen molar-refractivity contribution in [1.29, 1.82) is 0 Å². The Kier molecular flexibility index (Phi) is 6.43. The van der Waals surface area contributed by atoms with Gasteiger partial charge in [0, 0.05) is 17.2 Å². The fraction of sp³-hybridized carbons (Fsp3) is 0.167. The number of hydrogen-bond donors (Lipinski definition) is 0. The Labute approximate surface area is 176 Å². The van der Waals surface area contributed by atoms with Crippen LogP contribution >= 0.6 is 7.80 Å². The summed E-state index contributed by atoms with van der Waals surface area (Å²) in [5.41, 5.74) is 1.97. The first-order valence-corrected chi connectivity index (χ1v) is 10.6. The Morgan fingerprint density at radius 1 is 0.800 bits per heavy atom. The zero-order chi connectivity index (χ0) is 21.8. The predicted octanol–water partition coefficient (Wildman–Crippen LogP) is 4.84. The normalized spacial score (nSPS) is 11.0. The van der Waals surface area contributed by atoms with Gasteiger partial charge in [-0.1, -0.05) is 30.3 Å². The maximum Gasteiger partial charge on any atom is 0.247 e. The van der Waals surface area contributed by atoms with Crippen molar-refractivity contribution in [3.8, 4) is 11.5 Å². The maximum absolute atomic E-state index is 13.3. The van der Waals surface area contributed by atoms with Gasteiger partial charge >= 0.3 is 0 Å². The molecule has 0 fully saturated rings. The smallest absolute Gasteiger partial charge is 0.247 e. The quantitative estimate of drug-likeness (QED) is 0.403. The van der Waals surface area contributed by atoms with Gasteiger partial charge < -0.3 is 9.47 Å². The largest absolute Gasteiger partial charge is 0.497 e. The van der Waals surface area contributed by atoms with Gasteiger partial charge in [-0.3, -0.25) is 14.2 Å². The molecule has 1 atom stereocenters. The summed E-state index contributed by atoms with van der Waals surface area (Å²) in [6.07, 6.45) is 0. The highest BCUT2D eigenvalue weighted by Gasteiger charge is 2.26. The molecule has 6 heteroatoms. The molecule has 153 valence electrons. The first-order chi connectivity index (χ1) is 14.4. The number of rotatable bonds is 7. The number of carbonyl (C=O) groups excluding carboxylic acids is 2. The molecule has 0 bridgehead atoms. The van der Waals surface area contributed by atoms with Gasteiger partial charge in [0.25, 0.3) is 0 Å². The van der Waals surface area contributed by atoms with Crippen LogP contribution in [0.3, 0.4) is 0 Å². The summed E-state index contributed by atoms with van der Waals surface area (Å²) in [4.78, 5) is 26.4. The average Bonchev–Trinajstić information content (AvgIpc) is 2.77. The van der Waals surface area contributed by atoms with E-state index in [1.807, 2.05) is 32.0 Å². The van der Waals surface area contributed by atoms with E-state index in [-0.39, 0.29) is 16.7 Å². The lowest BCUT2D eigenvalue weighted by atomic mass is 10.0. The molecule has 3 aromatic rings. The van der Waals surface area contributed by atoms with Gasteiger partial charge in [-0.25, -0.2) is 0 Å². The zero-order valence-electron chi connectivity index (χ0n) is 17.3. The second-order valence-electron chi connectivity index (χ2n) is 6.78. The van der Waals surface area contributed by atoms with Gasteiger partial charge in [-0.2, -0.15) is 0 Å². The number of carbonyl (C=O) groups is 2. The third kappa shape index (κ3) is 4.03. The molecule has 1 radical (unpaired) electrons. The molecule has 0 saturated heterocycles. The average molecular weight is 421 g/mol. The lowest BCUT2D eigenvalue weighted by Gasteiger charge is -2.13. The molecule has 0 heterocycles. The summed E-state index contributed by atoms with van der Waals surface area (Å²) in [5.74, 6) is 0.515. The topological polar surface area (TPSA) is 69.7 Å². The minimum absolute atomic E-state index is 0.210. The summed E-state index contributed by atoms with van der Waals surface area (Å²) in [7, 11) is 0.496. The highest BCUT2D eigenvalue weighted by Crippen LogP contribution is 2.33. The molecule has 0 aromatic heterocycles. The molecule has 1 unspecified atom stereocenters.